The summed E-state index contributed by atoms with van der Waals surface area (Å²) < 4.78 is 0. The molecule has 4 nitrogen and oxygen atoms in total. The van der Waals surface area contributed by atoms with Gasteiger partial charge in [0.25, 0.3) is 0 Å². The molecule has 0 amide bonds. The van der Waals surface area contributed by atoms with Gasteiger partial charge in [-0.05, 0) is 18.9 Å². The van der Waals surface area contributed by atoms with Crippen molar-refractivity contribution in [3.8, 4) is 0 Å². The molecule has 1 atom stereocenters. The van der Waals surface area contributed by atoms with Gasteiger partial charge in [0.15, 0.2) is 0 Å². The molecule has 0 unspecified atom stereocenters. The van der Waals surface area contributed by atoms with Gasteiger partial charge in [-0.2, -0.15) is 5.06 Å². The number of benzene rings is 1. The number of hydrogen-bond donors (Lipinski definition) is 1. The minimum absolute atomic E-state index is 0.448. The van der Waals surface area contributed by atoms with Gasteiger partial charge >= 0.3 is 5.97 Å². The Bertz CT molecular complexity index is 375. The Labute approximate surface area is 108 Å². The molecule has 0 radical (unpaired) electrons. The third kappa shape index (κ3) is 4.13. The van der Waals surface area contributed by atoms with Gasteiger partial charge in [0.1, 0.15) is 6.04 Å². The largest absolute Gasteiger partial charge is 0.480 e. The maximum Gasteiger partial charge on any atom is 0.323 e. The summed E-state index contributed by atoms with van der Waals surface area (Å²) >= 11 is 0. The maximum atomic E-state index is 11.3. The van der Waals surface area contributed by atoms with E-state index in [2.05, 4.69) is 0 Å². The fraction of sp³-hybridized carbons (Fsp3) is 0.500. The van der Waals surface area contributed by atoms with E-state index in [-0.39, 0.29) is 0 Å². The topological polar surface area (TPSA) is 49.8 Å². The number of aryl methyl sites for hydroxylation is 1. The normalized spacial score (nSPS) is 12.7. The van der Waals surface area contributed by atoms with E-state index < -0.39 is 12.0 Å². The Hall–Kier alpha value is -1.39. The number of carboxylic acids is 1. The lowest BCUT2D eigenvalue weighted by Gasteiger charge is -2.26. The zero-order chi connectivity index (χ0) is 13.5. The van der Waals surface area contributed by atoms with Gasteiger partial charge in [0.2, 0.25) is 0 Å². The van der Waals surface area contributed by atoms with Crippen molar-refractivity contribution in [2.75, 3.05) is 13.7 Å². The predicted molar refractivity (Wildman–Crippen MR) is 70.3 cm³/mol. The Morgan fingerprint density at radius 1 is 1.39 bits per heavy atom. The van der Waals surface area contributed by atoms with Crippen LogP contribution < -0.4 is 0 Å². The molecule has 4 heteroatoms. The molecule has 0 spiro atoms. The lowest BCUT2D eigenvalue weighted by molar-refractivity contribution is -0.184. The number of carboxylic acid groups (broad SMARTS) is 1. The number of carbonyl (C=O) groups is 1. The van der Waals surface area contributed by atoms with Crippen molar-refractivity contribution < 1.29 is 14.7 Å². The highest BCUT2D eigenvalue weighted by molar-refractivity contribution is 5.73. The highest BCUT2D eigenvalue weighted by atomic mass is 16.7. The van der Waals surface area contributed by atoms with Crippen LogP contribution in [0.15, 0.2) is 24.3 Å². The van der Waals surface area contributed by atoms with Gasteiger partial charge in [-0.3, -0.25) is 4.79 Å². The molecule has 0 aliphatic rings. The van der Waals surface area contributed by atoms with Crippen LogP contribution >= 0.6 is 0 Å². The van der Waals surface area contributed by atoms with Crippen LogP contribution in [-0.4, -0.2) is 35.8 Å². The molecular formula is C14H21NO3. The summed E-state index contributed by atoms with van der Waals surface area (Å²) in [6.07, 6.45) is 1.30. The van der Waals surface area contributed by atoms with E-state index in [0.717, 1.165) is 12.0 Å². The summed E-state index contributed by atoms with van der Waals surface area (Å²) in [5.41, 5.74) is 2.17. The number of hydroxylamine groups is 2. The van der Waals surface area contributed by atoms with Crippen molar-refractivity contribution in [1.82, 2.24) is 5.06 Å². The molecular weight excluding hydrogens is 230 g/mol. The highest BCUT2D eigenvalue weighted by Gasteiger charge is 2.25. The second-order valence-electron chi connectivity index (χ2n) is 4.37. The third-order valence-electron chi connectivity index (χ3n) is 2.86. The SMILES string of the molecule is CCCN(OC)[C@@H](Cc1ccc(C)cc1)C(=O)O. The van der Waals surface area contributed by atoms with Crippen LogP contribution in [0.4, 0.5) is 0 Å². The van der Waals surface area contributed by atoms with Gasteiger partial charge in [0, 0.05) is 13.0 Å². The van der Waals surface area contributed by atoms with Crippen LogP contribution in [0.25, 0.3) is 0 Å². The number of rotatable bonds is 7. The molecule has 0 aromatic heterocycles. The lowest BCUT2D eigenvalue weighted by Crippen LogP contribution is -2.42. The summed E-state index contributed by atoms with van der Waals surface area (Å²) in [5, 5.41) is 10.8. The summed E-state index contributed by atoms with van der Waals surface area (Å²) in [6.45, 7) is 4.62. The second kappa shape index (κ2) is 7.13. The molecule has 100 valence electrons. The Morgan fingerprint density at radius 3 is 2.44 bits per heavy atom. The van der Waals surface area contributed by atoms with E-state index in [9.17, 15) is 9.90 Å². The molecule has 0 aliphatic carbocycles. The van der Waals surface area contributed by atoms with Crippen LogP contribution in [0.5, 0.6) is 0 Å². The summed E-state index contributed by atoms with van der Waals surface area (Å²) in [4.78, 5) is 16.5. The number of aliphatic carboxylic acids is 1. The number of nitrogens with zero attached hydrogens (tertiary/aromatic N) is 1. The van der Waals surface area contributed by atoms with Crippen molar-refractivity contribution in [2.24, 2.45) is 0 Å². The molecule has 1 N–H and O–H groups in total. The molecule has 1 aromatic carbocycles. The van der Waals surface area contributed by atoms with Crippen LogP contribution in [0.3, 0.4) is 0 Å². The van der Waals surface area contributed by atoms with Crippen molar-refractivity contribution in [2.45, 2.75) is 32.7 Å². The first-order valence-corrected chi connectivity index (χ1v) is 6.17. The molecule has 1 aromatic rings. The minimum atomic E-state index is -0.856. The van der Waals surface area contributed by atoms with Gasteiger partial charge in [0.05, 0.1) is 7.11 Å². The monoisotopic (exact) mass is 251 g/mol. The van der Waals surface area contributed by atoms with Crippen molar-refractivity contribution in [3.63, 3.8) is 0 Å². The van der Waals surface area contributed by atoms with Crippen LogP contribution in [0, 0.1) is 6.92 Å². The van der Waals surface area contributed by atoms with E-state index in [4.69, 9.17) is 4.84 Å². The first-order chi connectivity index (χ1) is 8.58. The maximum absolute atomic E-state index is 11.3. The molecule has 0 heterocycles. The minimum Gasteiger partial charge on any atom is -0.480 e. The third-order valence-corrected chi connectivity index (χ3v) is 2.86. The van der Waals surface area contributed by atoms with Crippen LogP contribution in [-0.2, 0) is 16.1 Å². The van der Waals surface area contributed by atoms with Crippen molar-refractivity contribution in [3.05, 3.63) is 35.4 Å². The predicted octanol–water partition coefficient (Wildman–Crippen LogP) is 2.26. The fourth-order valence-electron chi connectivity index (χ4n) is 1.85. The Balaban J connectivity index is 2.79. The van der Waals surface area contributed by atoms with Crippen molar-refractivity contribution >= 4 is 5.97 Å². The Kier molecular flexibility index (Phi) is 5.82. The molecule has 0 bridgehead atoms. The van der Waals surface area contributed by atoms with Gasteiger partial charge < -0.3 is 9.94 Å². The van der Waals surface area contributed by atoms with Crippen LogP contribution in [0.1, 0.15) is 24.5 Å². The average molecular weight is 251 g/mol. The fourth-order valence-corrected chi connectivity index (χ4v) is 1.85. The molecule has 18 heavy (non-hydrogen) atoms. The first kappa shape index (κ1) is 14.7. The van der Waals surface area contributed by atoms with Gasteiger partial charge in [-0.1, -0.05) is 36.8 Å². The molecule has 0 fully saturated rings. The standard InChI is InChI=1S/C14H21NO3/c1-4-9-15(18-3)13(14(16)17)10-12-7-5-11(2)6-8-12/h5-8,13H,4,9-10H2,1-3H3,(H,16,17)/t13-/m0/s1. The zero-order valence-electron chi connectivity index (χ0n) is 11.2. The summed E-state index contributed by atoms with van der Waals surface area (Å²) in [7, 11) is 1.51. The van der Waals surface area contributed by atoms with E-state index in [0.29, 0.717) is 13.0 Å². The summed E-state index contributed by atoms with van der Waals surface area (Å²) in [6, 6.07) is 7.27. The molecule has 1 rings (SSSR count). The van der Waals surface area contributed by atoms with E-state index in [1.165, 1.54) is 17.7 Å². The second-order valence-corrected chi connectivity index (χ2v) is 4.37. The van der Waals surface area contributed by atoms with Crippen LogP contribution in [0.2, 0.25) is 0 Å². The quantitative estimate of drug-likeness (QED) is 0.755. The number of hydrogen-bond acceptors (Lipinski definition) is 3. The Morgan fingerprint density at radius 2 is 2.00 bits per heavy atom. The molecule has 0 saturated heterocycles. The van der Waals surface area contributed by atoms with E-state index >= 15 is 0 Å². The average Bonchev–Trinajstić information content (AvgIpc) is 2.35. The first-order valence-electron chi connectivity index (χ1n) is 6.17. The molecule has 0 aliphatic heterocycles. The smallest absolute Gasteiger partial charge is 0.323 e. The lowest BCUT2D eigenvalue weighted by atomic mass is 10.0. The van der Waals surface area contributed by atoms with E-state index in [1.807, 2.05) is 38.1 Å². The zero-order valence-corrected chi connectivity index (χ0v) is 11.2. The molecule has 0 saturated carbocycles. The van der Waals surface area contributed by atoms with E-state index in [1.54, 1.807) is 0 Å². The van der Waals surface area contributed by atoms with Gasteiger partial charge in [-0.15, -0.1) is 0 Å². The highest BCUT2D eigenvalue weighted by Crippen LogP contribution is 2.11. The van der Waals surface area contributed by atoms with Gasteiger partial charge in [-0.25, -0.2) is 0 Å². The van der Waals surface area contributed by atoms with Crippen molar-refractivity contribution in [1.29, 1.82) is 0 Å². The summed E-state index contributed by atoms with van der Waals surface area (Å²) in [5.74, 6) is -0.856.